The van der Waals surface area contributed by atoms with Crippen LogP contribution in [0.4, 0.5) is 8.78 Å². The molecule has 0 radical (unpaired) electrons. The maximum Gasteiger partial charge on any atom is 0.151 e. The second kappa shape index (κ2) is 4.17. The smallest absolute Gasteiger partial charge is 0.151 e. The largest absolute Gasteiger partial charge is 0.297 e. The van der Waals surface area contributed by atoms with Gasteiger partial charge in [-0.15, -0.1) is 0 Å². The minimum Gasteiger partial charge on any atom is -0.297 e. The van der Waals surface area contributed by atoms with Crippen LogP contribution < -0.4 is 0 Å². The van der Waals surface area contributed by atoms with Crippen molar-refractivity contribution in [2.75, 3.05) is 0 Å². The number of nitrogens with one attached hydrogen (secondary N) is 1. The molecule has 1 aromatic heterocycles. The third-order valence-corrected chi connectivity index (χ3v) is 2.61. The van der Waals surface area contributed by atoms with Gasteiger partial charge < -0.3 is 0 Å². The first-order valence-corrected chi connectivity index (χ1v) is 5.29. The van der Waals surface area contributed by atoms with Crippen LogP contribution in [0.1, 0.15) is 12.6 Å². The highest BCUT2D eigenvalue weighted by Crippen LogP contribution is 2.15. The van der Waals surface area contributed by atoms with E-state index >= 15 is 0 Å². The van der Waals surface area contributed by atoms with Gasteiger partial charge in [0.05, 0.1) is 5.69 Å². The SMILES string of the molecule is CCc1cc(=S)n(-c2ccc(F)cc2F)[nH]1. The summed E-state index contributed by atoms with van der Waals surface area (Å²) in [6.07, 6.45) is 0.777. The van der Waals surface area contributed by atoms with Crippen LogP contribution in [-0.4, -0.2) is 9.78 Å². The fraction of sp³-hybridized carbons (Fsp3) is 0.182. The zero-order valence-electron chi connectivity index (χ0n) is 8.63. The van der Waals surface area contributed by atoms with E-state index in [-0.39, 0.29) is 5.69 Å². The molecule has 5 heteroatoms. The highest BCUT2D eigenvalue weighted by atomic mass is 32.1. The van der Waals surface area contributed by atoms with Crippen molar-refractivity contribution in [1.29, 1.82) is 0 Å². The van der Waals surface area contributed by atoms with Crippen LogP contribution in [-0.2, 0) is 6.42 Å². The zero-order valence-corrected chi connectivity index (χ0v) is 9.44. The van der Waals surface area contributed by atoms with Gasteiger partial charge in [0.1, 0.15) is 10.5 Å². The number of halogens is 2. The van der Waals surface area contributed by atoms with Crippen LogP contribution in [0.15, 0.2) is 24.3 Å². The van der Waals surface area contributed by atoms with E-state index in [9.17, 15) is 8.78 Å². The van der Waals surface area contributed by atoms with Crippen LogP contribution in [0.25, 0.3) is 5.69 Å². The number of aromatic nitrogens is 2. The van der Waals surface area contributed by atoms with Crippen molar-refractivity contribution < 1.29 is 8.78 Å². The number of hydrogen-bond acceptors (Lipinski definition) is 1. The summed E-state index contributed by atoms with van der Waals surface area (Å²) in [5.41, 5.74) is 1.14. The minimum atomic E-state index is -0.638. The molecule has 0 saturated heterocycles. The van der Waals surface area contributed by atoms with Gasteiger partial charge in [-0.1, -0.05) is 19.1 Å². The fourth-order valence-corrected chi connectivity index (χ4v) is 1.75. The van der Waals surface area contributed by atoms with E-state index in [0.717, 1.165) is 18.2 Å². The lowest BCUT2D eigenvalue weighted by Crippen LogP contribution is -2.00. The Labute approximate surface area is 96.5 Å². The quantitative estimate of drug-likeness (QED) is 0.798. The predicted octanol–water partition coefficient (Wildman–Crippen LogP) is 3.38. The molecule has 0 spiro atoms. The van der Waals surface area contributed by atoms with E-state index in [1.807, 2.05) is 6.92 Å². The van der Waals surface area contributed by atoms with Crippen molar-refractivity contribution in [3.05, 3.63) is 46.2 Å². The molecule has 1 N–H and O–H groups in total. The molecular formula is C11H10F2N2S. The molecule has 16 heavy (non-hydrogen) atoms. The highest BCUT2D eigenvalue weighted by molar-refractivity contribution is 7.71. The lowest BCUT2D eigenvalue weighted by Gasteiger charge is -2.04. The van der Waals surface area contributed by atoms with Crippen molar-refractivity contribution in [1.82, 2.24) is 9.78 Å². The molecule has 0 atom stereocenters. The molecular weight excluding hydrogens is 230 g/mol. The Morgan fingerprint density at radius 3 is 2.62 bits per heavy atom. The topological polar surface area (TPSA) is 20.7 Å². The first-order chi connectivity index (χ1) is 7.61. The van der Waals surface area contributed by atoms with Gasteiger partial charge in [-0.25, -0.2) is 13.5 Å². The van der Waals surface area contributed by atoms with Gasteiger partial charge in [0, 0.05) is 11.8 Å². The van der Waals surface area contributed by atoms with Crippen molar-refractivity contribution in [3.63, 3.8) is 0 Å². The average molecular weight is 240 g/mol. The van der Waals surface area contributed by atoms with Crippen molar-refractivity contribution in [3.8, 4) is 5.69 Å². The van der Waals surface area contributed by atoms with Crippen molar-refractivity contribution in [2.24, 2.45) is 0 Å². The van der Waals surface area contributed by atoms with Crippen LogP contribution in [0, 0.1) is 16.3 Å². The minimum absolute atomic E-state index is 0.228. The molecule has 0 unspecified atom stereocenters. The third kappa shape index (κ3) is 1.90. The maximum absolute atomic E-state index is 13.5. The second-order valence-corrected chi connectivity index (χ2v) is 3.82. The molecule has 0 aliphatic heterocycles. The summed E-state index contributed by atoms with van der Waals surface area (Å²) in [6, 6.07) is 5.16. The molecule has 2 rings (SSSR count). The second-order valence-electron chi connectivity index (χ2n) is 3.40. The van der Waals surface area contributed by atoms with Crippen molar-refractivity contribution in [2.45, 2.75) is 13.3 Å². The van der Waals surface area contributed by atoms with E-state index in [4.69, 9.17) is 12.2 Å². The van der Waals surface area contributed by atoms with Gasteiger partial charge in [-0.05, 0) is 24.6 Å². The van der Waals surface area contributed by atoms with Crippen LogP contribution in [0.5, 0.6) is 0 Å². The predicted molar refractivity (Wildman–Crippen MR) is 60.2 cm³/mol. The maximum atomic E-state index is 13.5. The van der Waals surface area contributed by atoms with Gasteiger partial charge >= 0.3 is 0 Å². The summed E-state index contributed by atoms with van der Waals surface area (Å²) >= 11 is 5.08. The third-order valence-electron chi connectivity index (χ3n) is 2.31. The molecule has 0 fully saturated rings. The molecule has 0 bridgehead atoms. The highest BCUT2D eigenvalue weighted by Gasteiger charge is 2.08. The Kier molecular flexibility index (Phi) is 2.87. The molecule has 2 aromatic rings. The van der Waals surface area contributed by atoms with Gasteiger partial charge in [0.2, 0.25) is 0 Å². The summed E-state index contributed by atoms with van der Waals surface area (Å²) in [6.45, 7) is 1.96. The first kappa shape index (κ1) is 11.0. The average Bonchev–Trinajstić information content (AvgIpc) is 2.60. The van der Waals surface area contributed by atoms with Gasteiger partial charge in [0.15, 0.2) is 5.82 Å². The Bertz CT molecular complexity index is 572. The monoisotopic (exact) mass is 240 g/mol. The van der Waals surface area contributed by atoms with Crippen LogP contribution in [0.2, 0.25) is 0 Å². The van der Waals surface area contributed by atoms with Crippen LogP contribution >= 0.6 is 12.2 Å². The number of aryl methyl sites for hydroxylation is 1. The Morgan fingerprint density at radius 2 is 2.06 bits per heavy atom. The van der Waals surface area contributed by atoms with E-state index in [0.29, 0.717) is 4.64 Å². The molecule has 0 aliphatic rings. The molecule has 2 nitrogen and oxygen atoms in total. The molecule has 0 saturated carbocycles. The first-order valence-electron chi connectivity index (χ1n) is 4.88. The number of nitrogens with zero attached hydrogens (tertiary/aromatic N) is 1. The number of rotatable bonds is 2. The number of hydrogen-bond donors (Lipinski definition) is 1. The summed E-state index contributed by atoms with van der Waals surface area (Å²) in [7, 11) is 0. The molecule has 0 amide bonds. The zero-order chi connectivity index (χ0) is 11.7. The van der Waals surface area contributed by atoms with E-state index in [1.165, 1.54) is 16.8 Å². The Morgan fingerprint density at radius 1 is 1.31 bits per heavy atom. The molecule has 1 aromatic carbocycles. The lowest BCUT2D eigenvalue weighted by molar-refractivity contribution is 0.572. The van der Waals surface area contributed by atoms with Crippen LogP contribution in [0.3, 0.4) is 0 Å². The Hall–Kier alpha value is -1.49. The van der Waals surface area contributed by atoms with Gasteiger partial charge in [-0.3, -0.25) is 5.10 Å². The molecule has 1 heterocycles. The molecule has 84 valence electrons. The lowest BCUT2D eigenvalue weighted by atomic mass is 10.3. The summed E-state index contributed by atoms with van der Waals surface area (Å²) in [5.74, 6) is -1.24. The van der Waals surface area contributed by atoms with E-state index in [2.05, 4.69) is 5.10 Å². The fourth-order valence-electron chi connectivity index (χ4n) is 1.47. The standard InChI is InChI=1S/C11H10F2N2S/c1-2-8-6-11(16)15(14-8)10-4-3-7(12)5-9(10)13/h3-6,14H,2H2,1H3. The Balaban J connectivity index is 2.58. The van der Waals surface area contributed by atoms with E-state index in [1.54, 1.807) is 6.07 Å². The summed E-state index contributed by atoms with van der Waals surface area (Å²) in [5, 5.41) is 2.96. The summed E-state index contributed by atoms with van der Waals surface area (Å²) in [4.78, 5) is 0. The number of aromatic amines is 1. The van der Waals surface area contributed by atoms with Gasteiger partial charge in [0.25, 0.3) is 0 Å². The summed E-state index contributed by atoms with van der Waals surface area (Å²) < 4.78 is 28.2. The molecule has 0 aliphatic carbocycles. The van der Waals surface area contributed by atoms with Crippen molar-refractivity contribution >= 4 is 12.2 Å². The normalized spacial score (nSPS) is 10.7. The van der Waals surface area contributed by atoms with Gasteiger partial charge in [-0.2, -0.15) is 0 Å². The number of H-pyrrole nitrogens is 1. The number of benzene rings is 1. The van der Waals surface area contributed by atoms with E-state index < -0.39 is 11.6 Å².